The first kappa shape index (κ1) is 22.0. The SMILES string of the molecule is N#Cc1ccc(C(=O)N(Cc2cccc(NC(=O)C3CCC3)c2)C2CCCCC2N)cc1. The van der Waals surface area contributed by atoms with E-state index < -0.39 is 0 Å². The third kappa shape index (κ3) is 5.00. The van der Waals surface area contributed by atoms with Gasteiger partial charge in [-0.05, 0) is 67.6 Å². The highest BCUT2D eigenvalue weighted by Gasteiger charge is 2.32. The fourth-order valence-electron chi connectivity index (χ4n) is 4.58. The highest BCUT2D eigenvalue weighted by molar-refractivity contribution is 5.95. The minimum Gasteiger partial charge on any atom is -0.330 e. The molecule has 2 aliphatic rings. The van der Waals surface area contributed by atoms with Gasteiger partial charge >= 0.3 is 0 Å². The van der Waals surface area contributed by atoms with Crippen LogP contribution in [0.25, 0.3) is 0 Å². The minimum absolute atomic E-state index is 0.0416. The number of amides is 2. The molecule has 2 atom stereocenters. The first-order chi connectivity index (χ1) is 15.5. The highest BCUT2D eigenvalue weighted by atomic mass is 16.2. The van der Waals surface area contributed by atoms with E-state index in [9.17, 15) is 9.59 Å². The maximum absolute atomic E-state index is 13.5. The number of nitrogens with two attached hydrogens (primary N) is 1. The summed E-state index contributed by atoms with van der Waals surface area (Å²) in [5, 5.41) is 12.1. The molecule has 0 heterocycles. The van der Waals surface area contributed by atoms with Crippen molar-refractivity contribution < 1.29 is 9.59 Å². The zero-order valence-corrected chi connectivity index (χ0v) is 18.3. The van der Waals surface area contributed by atoms with Gasteiger partial charge in [0.25, 0.3) is 5.91 Å². The van der Waals surface area contributed by atoms with Gasteiger partial charge < -0.3 is 16.0 Å². The van der Waals surface area contributed by atoms with Gasteiger partial charge in [-0.1, -0.05) is 31.4 Å². The third-order valence-corrected chi connectivity index (χ3v) is 6.73. The van der Waals surface area contributed by atoms with Crippen LogP contribution in [0.15, 0.2) is 48.5 Å². The number of nitrogens with one attached hydrogen (secondary N) is 1. The Morgan fingerprint density at radius 2 is 1.78 bits per heavy atom. The Morgan fingerprint density at radius 3 is 2.44 bits per heavy atom. The molecular weight excluding hydrogens is 400 g/mol. The zero-order valence-electron chi connectivity index (χ0n) is 18.3. The number of benzene rings is 2. The molecule has 2 fully saturated rings. The van der Waals surface area contributed by atoms with E-state index in [1.54, 1.807) is 24.3 Å². The predicted molar refractivity (Wildman–Crippen MR) is 124 cm³/mol. The Kier molecular flexibility index (Phi) is 6.87. The second kappa shape index (κ2) is 9.97. The third-order valence-electron chi connectivity index (χ3n) is 6.73. The maximum atomic E-state index is 13.5. The van der Waals surface area contributed by atoms with Gasteiger partial charge in [0.1, 0.15) is 0 Å². The van der Waals surface area contributed by atoms with E-state index in [4.69, 9.17) is 11.0 Å². The summed E-state index contributed by atoms with van der Waals surface area (Å²) in [6.45, 7) is 0.421. The molecule has 2 unspecified atom stereocenters. The van der Waals surface area contributed by atoms with Crippen molar-refractivity contribution in [2.45, 2.75) is 63.6 Å². The van der Waals surface area contributed by atoms with Gasteiger partial charge in [-0.2, -0.15) is 5.26 Å². The molecule has 4 rings (SSSR count). The summed E-state index contributed by atoms with van der Waals surface area (Å²) in [6, 6.07) is 16.5. The normalized spacial score (nSPS) is 20.6. The van der Waals surface area contributed by atoms with Crippen LogP contribution in [0, 0.1) is 17.2 Å². The Labute approximate surface area is 189 Å². The summed E-state index contributed by atoms with van der Waals surface area (Å²) in [5.41, 5.74) is 9.25. The number of carbonyl (C=O) groups excluding carboxylic acids is 2. The van der Waals surface area contributed by atoms with E-state index >= 15 is 0 Å². The van der Waals surface area contributed by atoms with E-state index in [0.29, 0.717) is 17.7 Å². The average molecular weight is 431 g/mol. The Morgan fingerprint density at radius 1 is 1.03 bits per heavy atom. The molecule has 0 aliphatic heterocycles. The predicted octanol–water partition coefficient (Wildman–Crippen LogP) is 4.21. The Balaban J connectivity index is 1.56. The van der Waals surface area contributed by atoms with Crippen LogP contribution in [-0.2, 0) is 11.3 Å². The summed E-state index contributed by atoms with van der Waals surface area (Å²) in [6.07, 6.45) is 6.94. The molecule has 2 amide bonds. The molecule has 3 N–H and O–H groups in total. The van der Waals surface area contributed by atoms with Crippen molar-refractivity contribution in [1.29, 1.82) is 5.26 Å². The summed E-state index contributed by atoms with van der Waals surface area (Å²) < 4.78 is 0. The van der Waals surface area contributed by atoms with Crippen molar-refractivity contribution in [1.82, 2.24) is 4.90 Å². The zero-order chi connectivity index (χ0) is 22.5. The van der Waals surface area contributed by atoms with Gasteiger partial charge in [0.15, 0.2) is 0 Å². The van der Waals surface area contributed by atoms with E-state index in [0.717, 1.165) is 56.2 Å². The van der Waals surface area contributed by atoms with E-state index in [1.807, 2.05) is 29.2 Å². The van der Waals surface area contributed by atoms with Crippen molar-refractivity contribution in [2.24, 2.45) is 11.7 Å². The molecule has 2 aromatic rings. The number of rotatable bonds is 6. The van der Waals surface area contributed by atoms with Crippen LogP contribution in [0.4, 0.5) is 5.69 Å². The molecule has 6 heteroatoms. The van der Waals surface area contributed by atoms with Crippen molar-refractivity contribution in [3.63, 3.8) is 0 Å². The van der Waals surface area contributed by atoms with Crippen LogP contribution in [-0.4, -0.2) is 28.8 Å². The lowest BCUT2D eigenvalue weighted by molar-refractivity contribution is -0.122. The molecule has 0 spiro atoms. The van der Waals surface area contributed by atoms with Crippen molar-refractivity contribution in [2.75, 3.05) is 5.32 Å². The lowest BCUT2D eigenvalue weighted by Crippen LogP contribution is -2.51. The number of nitriles is 1. The molecule has 2 aromatic carbocycles. The summed E-state index contributed by atoms with van der Waals surface area (Å²) in [5.74, 6) is 0.113. The first-order valence-corrected chi connectivity index (χ1v) is 11.5. The first-order valence-electron chi connectivity index (χ1n) is 11.5. The van der Waals surface area contributed by atoms with Crippen LogP contribution in [0.3, 0.4) is 0 Å². The van der Waals surface area contributed by atoms with Gasteiger partial charge in [0.05, 0.1) is 11.6 Å². The van der Waals surface area contributed by atoms with Crippen LogP contribution in [0.1, 0.15) is 66.4 Å². The van der Waals surface area contributed by atoms with E-state index in [1.165, 1.54) is 0 Å². The molecule has 0 bridgehead atoms. The number of hydrogen-bond donors (Lipinski definition) is 2. The molecule has 0 saturated heterocycles. The lowest BCUT2D eigenvalue weighted by atomic mass is 9.85. The summed E-state index contributed by atoms with van der Waals surface area (Å²) >= 11 is 0. The van der Waals surface area contributed by atoms with Crippen LogP contribution < -0.4 is 11.1 Å². The standard InChI is InChI=1S/C26H30N4O2/c27-16-18-11-13-21(14-12-18)26(32)30(24-10-2-1-9-23(24)28)17-19-5-3-8-22(15-19)29-25(31)20-6-4-7-20/h3,5,8,11-15,20,23-24H,1-2,4,6-7,9-10,17,28H2,(H,29,31). The number of anilines is 1. The smallest absolute Gasteiger partial charge is 0.254 e. The van der Waals surface area contributed by atoms with Gasteiger partial charge in [-0.3, -0.25) is 9.59 Å². The molecule has 32 heavy (non-hydrogen) atoms. The summed E-state index contributed by atoms with van der Waals surface area (Å²) in [4.78, 5) is 27.7. The van der Waals surface area contributed by atoms with Gasteiger partial charge in [-0.15, -0.1) is 0 Å². The van der Waals surface area contributed by atoms with E-state index in [2.05, 4.69) is 11.4 Å². The van der Waals surface area contributed by atoms with E-state index in [-0.39, 0.29) is 29.8 Å². The molecule has 2 aliphatic carbocycles. The topological polar surface area (TPSA) is 99.2 Å². The van der Waals surface area contributed by atoms with Crippen LogP contribution >= 0.6 is 0 Å². The van der Waals surface area contributed by atoms with Crippen molar-refractivity contribution >= 4 is 17.5 Å². The lowest BCUT2D eigenvalue weighted by Gasteiger charge is -2.38. The number of hydrogen-bond acceptors (Lipinski definition) is 4. The fraction of sp³-hybridized carbons (Fsp3) is 0.423. The summed E-state index contributed by atoms with van der Waals surface area (Å²) in [7, 11) is 0. The molecule has 0 aromatic heterocycles. The maximum Gasteiger partial charge on any atom is 0.254 e. The molecule has 0 radical (unpaired) electrons. The van der Waals surface area contributed by atoms with Crippen molar-refractivity contribution in [3.8, 4) is 6.07 Å². The quantitative estimate of drug-likeness (QED) is 0.717. The number of nitrogens with zero attached hydrogens (tertiary/aromatic N) is 2. The van der Waals surface area contributed by atoms with Crippen molar-refractivity contribution in [3.05, 3.63) is 65.2 Å². The molecular formula is C26H30N4O2. The van der Waals surface area contributed by atoms with Gasteiger partial charge in [0.2, 0.25) is 5.91 Å². The Bertz CT molecular complexity index is 1010. The minimum atomic E-state index is -0.0826. The van der Waals surface area contributed by atoms with Gasteiger partial charge in [-0.25, -0.2) is 0 Å². The second-order valence-electron chi connectivity index (χ2n) is 8.96. The largest absolute Gasteiger partial charge is 0.330 e. The number of carbonyl (C=O) groups is 2. The monoisotopic (exact) mass is 430 g/mol. The van der Waals surface area contributed by atoms with Crippen LogP contribution in [0.5, 0.6) is 0 Å². The fourth-order valence-corrected chi connectivity index (χ4v) is 4.58. The average Bonchev–Trinajstić information content (AvgIpc) is 2.77. The second-order valence-corrected chi connectivity index (χ2v) is 8.96. The molecule has 6 nitrogen and oxygen atoms in total. The Hall–Kier alpha value is -3.17. The molecule has 2 saturated carbocycles. The van der Waals surface area contributed by atoms with Crippen LogP contribution in [0.2, 0.25) is 0 Å². The highest BCUT2D eigenvalue weighted by Crippen LogP contribution is 2.29. The molecule has 166 valence electrons. The van der Waals surface area contributed by atoms with Gasteiger partial charge in [0, 0.05) is 35.8 Å².